The monoisotopic (exact) mass is 231 g/mol. The van der Waals surface area contributed by atoms with Crippen molar-refractivity contribution in [2.45, 2.75) is 13.1 Å². The highest BCUT2D eigenvalue weighted by Gasteiger charge is 2.24. The average molecular weight is 232 g/mol. The predicted octanol–water partition coefficient (Wildman–Crippen LogP) is 0.659. The van der Waals surface area contributed by atoms with Gasteiger partial charge in [0.1, 0.15) is 0 Å². The van der Waals surface area contributed by atoms with Gasteiger partial charge in [0.15, 0.2) is 18.3 Å². The number of carbonyl (C=O) groups excluding carboxylic acids is 1. The van der Waals surface area contributed by atoms with Crippen LogP contribution in [0.2, 0.25) is 0 Å². The lowest BCUT2D eigenvalue weighted by molar-refractivity contribution is -0.111. The summed E-state index contributed by atoms with van der Waals surface area (Å²) in [6.45, 7) is 1.90. The summed E-state index contributed by atoms with van der Waals surface area (Å²) in [7, 11) is 1.81. The molecule has 0 bridgehead atoms. The fourth-order valence-corrected chi connectivity index (χ4v) is 1.27. The molecule has 0 spiro atoms. The maximum Gasteiger partial charge on any atom is 0.173 e. The highest BCUT2D eigenvalue weighted by atomic mass is 79.9. The summed E-state index contributed by atoms with van der Waals surface area (Å²) < 4.78 is 0.877. The highest BCUT2D eigenvalue weighted by molar-refractivity contribution is 9.12. The summed E-state index contributed by atoms with van der Waals surface area (Å²) in [6.07, 6.45) is 2.35. The summed E-state index contributed by atoms with van der Waals surface area (Å²) in [5.41, 5.74) is 2.70. The van der Waals surface area contributed by atoms with Crippen molar-refractivity contribution in [2.24, 2.45) is 5.10 Å². The maximum absolute atomic E-state index is 10.5. The molecule has 1 aliphatic heterocycles. The van der Waals surface area contributed by atoms with Crippen LogP contribution in [0.1, 0.15) is 6.92 Å². The molecule has 1 atom stereocenters. The lowest BCUT2D eigenvalue weighted by atomic mass is 10.4. The zero-order valence-corrected chi connectivity index (χ0v) is 8.50. The Balaban J connectivity index is 2.77. The summed E-state index contributed by atoms with van der Waals surface area (Å²) >= 11 is 3.33. The van der Waals surface area contributed by atoms with Gasteiger partial charge >= 0.3 is 0 Å². The van der Waals surface area contributed by atoms with Gasteiger partial charge in [0, 0.05) is 7.05 Å². The number of likely N-dealkylation sites (N-methyl/N-ethyl adjacent to an activating group) is 1. The van der Waals surface area contributed by atoms with Crippen LogP contribution < -0.4 is 5.43 Å². The van der Waals surface area contributed by atoms with E-state index >= 15 is 0 Å². The van der Waals surface area contributed by atoms with E-state index in [1.54, 1.807) is 4.90 Å². The second-order valence-corrected chi connectivity index (χ2v) is 3.25. The molecule has 0 amide bonds. The van der Waals surface area contributed by atoms with Crippen LogP contribution in [0.4, 0.5) is 0 Å². The Morgan fingerprint density at radius 2 is 2.50 bits per heavy atom. The second kappa shape index (κ2) is 3.71. The van der Waals surface area contributed by atoms with Gasteiger partial charge in [-0.05, 0) is 22.9 Å². The Labute approximate surface area is 79.4 Å². The number of aldehydes is 1. The number of amidine groups is 1. The number of rotatable bonds is 2. The summed E-state index contributed by atoms with van der Waals surface area (Å²) in [5.74, 6) is 0.745. The first kappa shape index (κ1) is 9.25. The van der Waals surface area contributed by atoms with E-state index in [2.05, 4.69) is 26.5 Å². The molecular formula is C7H10BrN3O. The maximum atomic E-state index is 10.5. The van der Waals surface area contributed by atoms with E-state index in [9.17, 15) is 4.79 Å². The number of halogens is 1. The number of hydrogen-bond donors (Lipinski definition) is 1. The van der Waals surface area contributed by atoms with E-state index in [0.29, 0.717) is 0 Å². The number of nitrogens with zero attached hydrogens (tertiary/aromatic N) is 2. The quantitative estimate of drug-likeness (QED) is 0.711. The number of carbonyl (C=O) groups is 1. The largest absolute Gasteiger partial charge is 0.330 e. The van der Waals surface area contributed by atoms with Crippen molar-refractivity contribution in [3.8, 4) is 0 Å². The van der Waals surface area contributed by atoms with Gasteiger partial charge in [-0.1, -0.05) is 6.08 Å². The molecule has 0 fully saturated rings. The molecule has 12 heavy (non-hydrogen) atoms. The van der Waals surface area contributed by atoms with Crippen LogP contribution in [0, 0.1) is 0 Å². The minimum absolute atomic E-state index is 0.340. The molecule has 1 aliphatic rings. The van der Waals surface area contributed by atoms with Crippen LogP contribution >= 0.6 is 15.9 Å². The fraction of sp³-hybridized carbons (Fsp3) is 0.429. The molecule has 0 aliphatic carbocycles. The molecule has 0 radical (unpaired) electrons. The molecule has 1 unspecified atom stereocenters. The van der Waals surface area contributed by atoms with Gasteiger partial charge in [0.2, 0.25) is 0 Å². The third-order valence-corrected chi connectivity index (χ3v) is 2.46. The summed E-state index contributed by atoms with van der Waals surface area (Å²) in [4.78, 5) is 12.2. The minimum atomic E-state index is -0.340. The Kier molecular flexibility index (Phi) is 2.86. The average Bonchev–Trinajstić information content (AvgIpc) is 2.45. The van der Waals surface area contributed by atoms with Crippen molar-refractivity contribution in [2.75, 3.05) is 7.05 Å². The number of allylic oxidation sites excluding steroid dienone is 1. The van der Waals surface area contributed by atoms with E-state index in [4.69, 9.17) is 0 Å². The zero-order valence-electron chi connectivity index (χ0n) is 6.91. The lowest BCUT2D eigenvalue weighted by Gasteiger charge is -2.16. The van der Waals surface area contributed by atoms with Gasteiger partial charge < -0.3 is 4.90 Å². The smallest absolute Gasteiger partial charge is 0.173 e. The summed E-state index contributed by atoms with van der Waals surface area (Å²) in [5, 5.41) is 3.99. The first-order valence-electron chi connectivity index (χ1n) is 3.54. The lowest BCUT2D eigenvalue weighted by Crippen LogP contribution is -2.38. The van der Waals surface area contributed by atoms with Crippen LogP contribution in [0.5, 0.6) is 0 Å². The van der Waals surface area contributed by atoms with Crippen LogP contribution in [-0.2, 0) is 4.79 Å². The minimum Gasteiger partial charge on any atom is -0.330 e. The molecule has 1 heterocycles. The molecular weight excluding hydrogens is 222 g/mol. The van der Waals surface area contributed by atoms with Crippen molar-refractivity contribution < 1.29 is 4.79 Å². The van der Waals surface area contributed by atoms with Crippen molar-refractivity contribution in [3.63, 3.8) is 0 Å². The molecule has 1 rings (SSSR count). The first-order valence-corrected chi connectivity index (χ1v) is 4.33. The van der Waals surface area contributed by atoms with Crippen LogP contribution in [0.25, 0.3) is 0 Å². The fourth-order valence-electron chi connectivity index (χ4n) is 0.897. The van der Waals surface area contributed by atoms with Gasteiger partial charge in [0.05, 0.1) is 4.48 Å². The molecule has 4 nitrogen and oxygen atoms in total. The Bertz CT molecular complexity index is 249. The standard InChI is InChI=1S/C7H10BrN3O/c1-3-5(8)7-10-9-6(4-12)11(7)2/h3-4,6,9H,1-2H3. The van der Waals surface area contributed by atoms with Crippen LogP contribution in [0.3, 0.4) is 0 Å². The number of nitrogens with one attached hydrogen (secondary N) is 1. The highest BCUT2D eigenvalue weighted by Crippen LogP contribution is 2.14. The van der Waals surface area contributed by atoms with Crippen molar-refractivity contribution in [1.29, 1.82) is 0 Å². The van der Waals surface area contributed by atoms with E-state index < -0.39 is 0 Å². The predicted molar refractivity (Wildman–Crippen MR) is 50.9 cm³/mol. The third kappa shape index (κ3) is 1.50. The Morgan fingerprint density at radius 3 is 2.92 bits per heavy atom. The van der Waals surface area contributed by atoms with Gasteiger partial charge in [0.25, 0.3) is 0 Å². The molecule has 0 aromatic heterocycles. The molecule has 0 saturated carbocycles. The molecule has 0 aromatic carbocycles. The van der Waals surface area contributed by atoms with E-state index in [-0.39, 0.29) is 6.17 Å². The normalized spacial score (nSPS) is 23.6. The van der Waals surface area contributed by atoms with Crippen molar-refractivity contribution in [3.05, 3.63) is 10.6 Å². The first-order chi connectivity index (χ1) is 5.70. The van der Waals surface area contributed by atoms with Gasteiger partial charge in [-0.3, -0.25) is 10.2 Å². The van der Waals surface area contributed by atoms with Gasteiger partial charge in [-0.2, -0.15) is 5.10 Å². The molecule has 0 aromatic rings. The zero-order chi connectivity index (χ0) is 9.14. The van der Waals surface area contributed by atoms with E-state index in [0.717, 1.165) is 16.6 Å². The van der Waals surface area contributed by atoms with Gasteiger partial charge in [-0.25, -0.2) is 0 Å². The van der Waals surface area contributed by atoms with Gasteiger partial charge in [-0.15, -0.1) is 0 Å². The SMILES string of the molecule is CC=C(Br)C1=NNC(C=O)N1C. The molecule has 5 heteroatoms. The Hall–Kier alpha value is -0.840. The molecule has 0 saturated heterocycles. The summed E-state index contributed by atoms with van der Waals surface area (Å²) in [6, 6.07) is 0. The second-order valence-electron chi connectivity index (χ2n) is 2.39. The molecule has 1 N–H and O–H groups in total. The van der Waals surface area contributed by atoms with Crippen molar-refractivity contribution in [1.82, 2.24) is 10.3 Å². The van der Waals surface area contributed by atoms with Crippen molar-refractivity contribution >= 4 is 28.1 Å². The molecule has 66 valence electrons. The number of hydrogen-bond acceptors (Lipinski definition) is 4. The number of hydrazone groups is 1. The Morgan fingerprint density at radius 1 is 1.83 bits per heavy atom. The van der Waals surface area contributed by atoms with Crippen LogP contribution in [0.15, 0.2) is 15.7 Å². The van der Waals surface area contributed by atoms with E-state index in [1.807, 2.05) is 20.0 Å². The van der Waals surface area contributed by atoms with Crippen LogP contribution in [-0.4, -0.2) is 30.2 Å². The topological polar surface area (TPSA) is 44.7 Å². The van der Waals surface area contributed by atoms with E-state index in [1.165, 1.54) is 0 Å². The third-order valence-electron chi connectivity index (χ3n) is 1.65.